The molecule has 0 unspecified atom stereocenters. The van der Waals surface area contributed by atoms with Crippen LogP contribution >= 0.6 is 11.6 Å². The van der Waals surface area contributed by atoms with Crippen LogP contribution in [0.15, 0.2) is 30.5 Å². The van der Waals surface area contributed by atoms with Gasteiger partial charge in [0.1, 0.15) is 16.4 Å². The van der Waals surface area contributed by atoms with Gasteiger partial charge in [-0.3, -0.25) is 0 Å². The van der Waals surface area contributed by atoms with Gasteiger partial charge < -0.3 is 14.9 Å². The van der Waals surface area contributed by atoms with Gasteiger partial charge in [0.15, 0.2) is 12.6 Å². The lowest BCUT2D eigenvalue weighted by Crippen LogP contribution is -2.36. The molecule has 27 heavy (non-hydrogen) atoms. The summed E-state index contributed by atoms with van der Waals surface area (Å²) < 4.78 is 32.7. The smallest absolute Gasteiger partial charge is 0.270 e. The fourth-order valence-electron chi connectivity index (χ4n) is 2.86. The minimum absolute atomic E-state index is 0.0186. The zero-order valence-corrected chi connectivity index (χ0v) is 15.8. The van der Waals surface area contributed by atoms with Crippen molar-refractivity contribution >= 4 is 38.1 Å². The van der Waals surface area contributed by atoms with E-state index in [-0.39, 0.29) is 34.3 Å². The van der Waals surface area contributed by atoms with Crippen LogP contribution < -0.4 is 9.04 Å². The molecule has 3 rings (SSSR count). The Balaban J connectivity index is 2.43. The second kappa shape index (κ2) is 7.12. The molecule has 9 heteroatoms. The van der Waals surface area contributed by atoms with Crippen LogP contribution in [0.1, 0.15) is 16.7 Å². The van der Waals surface area contributed by atoms with Crippen LogP contribution in [0.5, 0.6) is 5.75 Å². The number of hydrogen-bond acceptors (Lipinski definition) is 6. The lowest BCUT2D eigenvalue weighted by atomic mass is 10.1. The highest BCUT2D eigenvalue weighted by molar-refractivity contribution is 8.02. The third-order valence-electron chi connectivity index (χ3n) is 4.02. The molecular weight excluding hydrogens is 392 g/mol. The van der Waals surface area contributed by atoms with Gasteiger partial charge in [0, 0.05) is 6.20 Å². The third-order valence-corrected chi connectivity index (χ3v) is 6.13. The molecule has 0 aliphatic carbocycles. The Morgan fingerprint density at radius 3 is 2.78 bits per heavy atom. The second-order valence-corrected chi connectivity index (χ2v) is 7.82. The van der Waals surface area contributed by atoms with E-state index in [2.05, 4.69) is 10.9 Å². The van der Waals surface area contributed by atoms with Gasteiger partial charge in [-0.1, -0.05) is 23.6 Å². The average molecular weight is 407 g/mol. The SMILES string of the molecule is C#CCN1c2ncccc2C(O)=C(c2c(Cl)ccc(C)c2OCO)S1(=O)=O. The highest BCUT2D eigenvalue weighted by atomic mass is 35.5. The zero-order chi connectivity index (χ0) is 19.8. The highest BCUT2D eigenvalue weighted by Gasteiger charge is 2.41. The number of anilines is 1. The Kier molecular flexibility index (Phi) is 5.02. The van der Waals surface area contributed by atoms with E-state index < -0.39 is 27.5 Å². The number of ether oxygens (including phenoxy) is 1. The van der Waals surface area contributed by atoms with Crippen LogP contribution in [-0.4, -0.2) is 37.0 Å². The van der Waals surface area contributed by atoms with E-state index >= 15 is 0 Å². The quantitative estimate of drug-likeness (QED) is 0.598. The molecule has 0 radical (unpaired) electrons. The normalized spacial score (nSPS) is 15.3. The van der Waals surface area contributed by atoms with E-state index in [9.17, 15) is 18.6 Å². The van der Waals surface area contributed by atoms with Crippen LogP contribution in [0.3, 0.4) is 0 Å². The topological polar surface area (TPSA) is 100.0 Å². The number of benzene rings is 1. The van der Waals surface area contributed by atoms with E-state index in [0.29, 0.717) is 5.56 Å². The summed E-state index contributed by atoms with van der Waals surface area (Å²) in [5, 5.41) is 20.0. The van der Waals surface area contributed by atoms with Crippen LogP contribution in [0.2, 0.25) is 5.02 Å². The van der Waals surface area contributed by atoms with Crippen molar-refractivity contribution in [3.8, 4) is 18.1 Å². The summed E-state index contributed by atoms with van der Waals surface area (Å²) in [4.78, 5) is 3.58. The molecule has 0 atom stereocenters. The maximum absolute atomic E-state index is 13.3. The Bertz CT molecular complexity index is 1090. The molecule has 1 aromatic heterocycles. The average Bonchev–Trinajstić information content (AvgIpc) is 2.64. The van der Waals surface area contributed by atoms with Crippen molar-refractivity contribution < 1.29 is 23.4 Å². The van der Waals surface area contributed by atoms with Gasteiger partial charge in [0.25, 0.3) is 10.0 Å². The zero-order valence-electron chi connectivity index (χ0n) is 14.2. The summed E-state index contributed by atoms with van der Waals surface area (Å²) in [6.07, 6.45) is 6.74. The molecule has 0 saturated carbocycles. The first-order valence-corrected chi connectivity index (χ1v) is 9.54. The van der Waals surface area contributed by atoms with Crippen molar-refractivity contribution in [2.24, 2.45) is 0 Å². The standard InChI is InChI=1S/C18H15ClN2O5S/c1-3-9-21-18-12(5-4-8-20-18)15(23)17(27(21,24)25)14-13(19)7-6-11(2)16(14)26-10-22/h1,4-8,22-23H,9-10H2,2H3. The maximum Gasteiger partial charge on any atom is 0.270 e. The predicted molar refractivity (Wildman–Crippen MR) is 103 cm³/mol. The molecule has 0 saturated heterocycles. The Morgan fingerprint density at radius 2 is 2.11 bits per heavy atom. The molecule has 7 nitrogen and oxygen atoms in total. The summed E-state index contributed by atoms with van der Waals surface area (Å²) in [7, 11) is -4.31. The van der Waals surface area contributed by atoms with Gasteiger partial charge >= 0.3 is 0 Å². The van der Waals surface area contributed by atoms with E-state index in [1.807, 2.05) is 0 Å². The minimum atomic E-state index is -4.31. The second-order valence-electron chi connectivity index (χ2n) is 5.61. The van der Waals surface area contributed by atoms with E-state index in [1.54, 1.807) is 19.1 Å². The van der Waals surface area contributed by atoms with E-state index in [0.717, 1.165) is 4.31 Å². The number of terminal acetylenes is 1. The van der Waals surface area contributed by atoms with Crippen LogP contribution in [-0.2, 0) is 10.0 Å². The van der Waals surface area contributed by atoms with Crippen LogP contribution in [0.4, 0.5) is 5.82 Å². The van der Waals surface area contributed by atoms with Crippen molar-refractivity contribution in [2.75, 3.05) is 17.6 Å². The number of rotatable bonds is 4. The van der Waals surface area contributed by atoms with Crippen LogP contribution in [0, 0.1) is 19.3 Å². The number of hydrogen-bond donors (Lipinski definition) is 2. The molecule has 1 aliphatic rings. The third kappa shape index (κ3) is 3.00. The molecule has 2 N–H and O–H groups in total. The molecule has 1 aliphatic heterocycles. The molecule has 2 aromatic rings. The largest absolute Gasteiger partial charge is 0.506 e. The molecule has 1 aromatic carbocycles. The summed E-state index contributed by atoms with van der Waals surface area (Å²) in [5.74, 6) is 1.82. The molecule has 2 heterocycles. The number of pyridine rings is 1. The van der Waals surface area contributed by atoms with Gasteiger partial charge in [0.05, 0.1) is 22.7 Å². The van der Waals surface area contributed by atoms with Gasteiger partial charge in [-0.25, -0.2) is 17.7 Å². The number of aryl methyl sites for hydroxylation is 1. The molecule has 140 valence electrons. The lowest BCUT2D eigenvalue weighted by Gasteiger charge is -2.30. The van der Waals surface area contributed by atoms with Crippen molar-refractivity contribution in [1.29, 1.82) is 0 Å². The first kappa shape index (κ1) is 19.0. The maximum atomic E-state index is 13.3. The summed E-state index contributed by atoms with van der Waals surface area (Å²) in [6, 6.07) is 6.17. The van der Waals surface area contributed by atoms with E-state index in [1.165, 1.54) is 18.3 Å². The van der Waals surface area contributed by atoms with E-state index in [4.69, 9.17) is 22.8 Å². The van der Waals surface area contributed by atoms with Crippen LogP contribution in [0.25, 0.3) is 10.7 Å². The monoisotopic (exact) mass is 406 g/mol. The number of fused-ring (bicyclic) bond motifs is 1. The molecule has 0 amide bonds. The number of sulfonamides is 1. The minimum Gasteiger partial charge on any atom is -0.506 e. The van der Waals surface area contributed by atoms with Crippen molar-refractivity contribution in [3.63, 3.8) is 0 Å². The van der Waals surface area contributed by atoms with Gasteiger partial charge in [-0.2, -0.15) is 0 Å². The Morgan fingerprint density at radius 1 is 1.37 bits per heavy atom. The number of aliphatic hydroxyl groups excluding tert-OH is 2. The fourth-order valence-corrected chi connectivity index (χ4v) is 4.82. The predicted octanol–water partition coefficient (Wildman–Crippen LogP) is 2.54. The summed E-state index contributed by atoms with van der Waals surface area (Å²) in [6.45, 7) is 0.670. The number of nitrogens with zero attached hydrogens (tertiary/aromatic N) is 2. The molecular formula is C18H15ClN2O5S. The Labute approximate surface area is 161 Å². The number of halogens is 1. The van der Waals surface area contributed by atoms with Gasteiger partial charge in [-0.05, 0) is 30.7 Å². The molecule has 0 fully saturated rings. The first-order chi connectivity index (χ1) is 12.8. The molecule has 0 spiro atoms. The van der Waals surface area contributed by atoms with Gasteiger partial charge in [0.2, 0.25) is 0 Å². The van der Waals surface area contributed by atoms with Crippen molar-refractivity contribution in [2.45, 2.75) is 6.92 Å². The summed E-state index contributed by atoms with van der Waals surface area (Å²) in [5.41, 5.74) is 0.657. The first-order valence-electron chi connectivity index (χ1n) is 7.72. The number of aliphatic hydroxyl groups is 2. The van der Waals surface area contributed by atoms with Crippen molar-refractivity contribution in [1.82, 2.24) is 4.98 Å². The van der Waals surface area contributed by atoms with Crippen molar-refractivity contribution in [3.05, 3.63) is 52.2 Å². The molecule has 0 bridgehead atoms. The number of aromatic nitrogens is 1. The van der Waals surface area contributed by atoms with Gasteiger partial charge in [-0.15, -0.1) is 6.42 Å². The highest BCUT2D eigenvalue weighted by Crippen LogP contribution is 2.46. The lowest BCUT2D eigenvalue weighted by molar-refractivity contribution is 0.0976. The summed E-state index contributed by atoms with van der Waals surface area (Å²) >= 11 is 6.27. The fraction of sp³-hybridized carbons (Fsp3) is 0.167. The Hall–Kier alpha value is -2.73.